The third-order valence-electron chi connectivity index (χ3n) is 6.11. The van der Waals surface area contributed by atoms with Crippen molar-refractivity contribution in [3.63, 3.8) is 0 Å². The minimum atomic E-state index is -0.0465. The zero-order chi connectivity index (χ0) is 19.0. The Bertz CT molecular complexity index is 932. The van der Waals surface area contributed by atoms with E-state index in [0.717, 1.165) is 56.0 Å². The molecular weight excluding hydrogens is 340 g/mol. The number of rotatable bonds is 3. The van der Waals surface area contributed by atoms with E-state index in [4.69, 9.17) is 4.98 Å². The van der Waals surface area contributed by atoms with Crippen molar-refractivity contribution in [1.29, 1.82) is 0 Å². The van der Waals surface area contributed by atoms with Gasteiger partial charge >= 0.3 is 0 Å². The molecule has 1 saturated heterocycles. The first-order chi connectivity index (χ1) is 13.0. The van der Waals surface area contributed by atoms with Crippen LogP contribution in [0.25, 0.3) is 0 Å². The molecule has 4 rings (SSSR count). The molecule has 6 heteroatoms. The summed E-state index contributed by atoms with van der Waals surface area (Å²) < 4.78 is 1.68. The van der Waals surface area contributed by atoms with Crippen LogP contribution in [-0.2, 0) is 23.2 Å². The zero-order valence-corrected chi connectivity index (χ0v) is 16.1. The van der Waals surface area contributed by atoms with Crippen LogP contribution in [0.4, 0.5) is 0 Å². The molecule has 1 fully saturated rings. The number of hydrogen-bond acceptors (Lipinski definition) is 4. The molecule has 2 aliphatic rings. The molecule has 6 nitrogen and oxygen atoms in total. The molecule has 1 amide bonds. The van der Waals surface area contributed by atoms with Crippen LogP contribution in [0.5, 0.6) is 0 Å². The molecule has 0 N–H and O–H groups in total. The van der Waals surface area contributed by atoms with E-state index in [2.05, 4.69) is 4.98 Å². The Balaban J connectivity index is 1.49. The molecule has 1 aliphatic carbocycles. The van der Waals surface area contributed by atoms with Crippen LogP contribution in [0.2, 0.25) is 0 Å². The van der Waals surface area contributed by atoms with E-state index in [1.165, 1.54) is 5.56 Å². The summed E-state index contributed by atoms with van der Waals surface area (Å²) in [4.78, 5) is 36.0. The lowest BCUT2D eigenvalue weighted by atomic mass is 9.77. The van der Waals surface area contributed by atoms with Gasteiger partial charge < -0.3 is 9.47 Å². The van der Waals surface area contributed by atoms with Crippen molar-refractivity contribution < 1.29 is 4.79 Å². The second-order valence-corrected chi connectivity index (χ2v) is 7.90. The van der Waals surface area contributed by atoms with Gasteiger partial charge in [-0.05, 0) is 51.2 Å². The van der Waals surface area contributed by atoms with Crippen LogP contribution >= 0.6 is 0 Å². The Kier molecular flexibility index (Phi) is 4.58. The predicted octanol–water partition coefficient (Wildman–Crippen LogP) is 2.15. The first-order valence-corrected chi connectivity index (χ1v) is 9.76. The largest absolute Gasteiger partial charge is 0.342 e. The van der Waals surface area contributed by atoms with E-state index in [9.17, 15) is 9.59 Å². The average molecular weight is 366 g/mol. The van der Waals surface area contributed by atoms with E-state index in [1.807, 2.05) is 31.0 Å². The molecule has 1 aliphatic heterocycles. The number of amides is 1. The molecule has 0 aromatic carbocycles. The summed E-state index contributed by atoms with van der Waals surface area (Å²) in [6.45, 7) is 5.80. The fourth-order valence-electron chi connectivity index (χ4n) is 4.65. The van der Waals surface area contributed by atoms with Crippen molar-refractivity contribution in [3.05, 3.63) is 57.5 Å². The summed E-state index contributed by atoms with van der Waals surface area (Å²) in [6, 6.07) is 5.20. The van der Waals surface area contributed by atoms with E-state index < -0.39 is 0 Å². The molecule has 0 radical (unpaired) electrons. The molecule has 2 aromatic heterocycles. The Labute approximate surface area is 159 Å². The van der Waals surface area contributed by atoms with E-state index in [0.29, 0.717) is 13.0 Å². The highest BCUT2D eigenvalue weighted by Crippen LogP contribution is 2.43. The van der Waals surface area contributed by atoms with Gasteiger partial charge in [0.1, 0.15) is 5.82 Å². The molecular formula is C21H26N4O2. The van der Waals surface area contributed by atoms with Gasteiger partial charge in [0.25, 0.3) is 5.56 Å². The van der Waals surface area contributed by atoms with Gasteiger partial charge in [0.15, 0.2) is 0 Å². The minimum Gasteiger partial charge on any atom is -0.342 e. The Morgan fingerprint density at radius 3 is 2.93 bits per heavy atom. The van der Waals surface area contributed by atoms with Crippen LogP contribution in [0.1, 0.15) is 48.5 Å². The number of aromatic nitrogens is 3. The van der Waals surface area contributed by atoms with E-state index >= 15 is 0 Å². The molecule has 2 aromatic rings. The van der Waals surface area contributed by atoms with Crippen molar-refractivity contribution in [2.75, 3.05) is 13.1 Å². The quantitative estimate of drug-likeness (QED) is 0.835. The van der Waals surface area contributed by atoms with Gasteiger partial charge in [-0.3, -0.25) is 9.59 Å². The number of piperidine rings is 1. The summed E-state index contributed by atoms with van der Waals surface area (Å²) in [6.07, 6.45) is 6.43. The number of hydrogen-bond donors (Lipinski definition) is 0. The van der Waals surface area contributed by atoms with Crippen molar-refractivity contribution in [3.8, 4) is 0 Å². The van der Waals surface area contributed by atoms with Crippen molar-refractivity contribution in [2.45, 2.75) is 57.9 Å². The molecule has 1 atom stereocenters. The molecule has 0 bridgehead atoms. The highest BCUT2D eigenvalue weighted by Gasteiger charge is 2.44. The molecule has 1 spiro atoms. The van der Waals surface area contributed by atoms with Crippen molar-refractivity contribution >= 4 is 5.91 Å². The topological polar surface area (TPSA) is 68.1 Å². The minimum absolute atomic E-state index is 0.0174. The van der Waals surface area contributed by atoms with Crippen LogP contribution in [0.15, 0.2) is 29.2 Å². The number of likely N-dealkylation sites (tertiary alicyclic amines) is 1. The lowest BCUT2D eigenvalue weighted by Gasteiger charge is -2.40. The Morgan fingerprint density at radius 1 is 1.26 bits per heavy atom. The van der Waals surface area contributed by atoms with Gasteiger partial charge in [0.2, 0.25) is 5.91 Å². The van der Waals surface area contributed by atoms with E-state index in [-0.39, 0.29) is 16.9 Å². The average Bonchev–Trinajstić information content (AvgIpc) is 2.98. The summed E-state index contributed by atoms with van der Waals surface area (Å²) in [5, 5.41) is 0. The maximum absolute atomic E-state index is 12.9. The molecule has 1 unspecified atom stereocenters. The normalized spacial score (nSPS) is 21.5. The fraction of sp³-hybridized carbons (Fsp3) is 0.524. The summed E-state index contributed by atoms with van der Waals surface area (Å²) in [7, 11) is 0. The predicted molar refractivity (Wildman–Crippen MR) is 103 cm³/mol. The number of carbonyl (C=O) groups excluding carboxylic acids is 1. The highest BCUT2D eigenvalue weighted by molar-refractivity contribution is 5.76. The Hall–Kier alpha value is -2.50. The molecule has 0 saturated carbocycles. The van der Waals surface area contributed by atoms with Crippen LogP contribution in [-0.4, -0.2) is 38.4 Å². The van der Waals surface area contributed by atoms with E-state index in [1.54, 1.807) is 16.7 Å². The van der Waals surface area contributed by atoms with Crippen LogP contribution < -0.4 is 5.56 Å². The van der Waals surface area contributed by atoms with Gasteiger partial charge in [0, 0.05) is 49.4 Å². The monoisotopic (exact) mass is 366 g/mol. The third kappa shape index (κ3) is 3.29. The third-order valence-corrected chi connectivity index (χ3v) is 6.11. The molecule has 3 heterocycles. The smallest absolute Gasteiger partial charge is 0.250 e. The SMILES string of the molecule is Cc1ncc2c(n1)C1(CCCN(C(=O)CCn3c(C)cccc3=O)C1)CC2. The van der Waals surface area contributed by atoms with Crippen molar-refractivity contribution in [2.24, 2.45) is 0 Å². The standard InChI is InChI=1S/C21H26N4O2/c1-15-5-3-6-19(27)25(15)12-8-18(26)24-11-4-9-21(14-24)10-7-17-13-22-16(2)23-20(17)21/h3,5-6,13H,4,7-12,14H2,1-2H3. The zero-order valence-electron chi connectivity index (χ0n) is 16.1. The van der Waals surface area contributed by atoms with Crippen LogP contribution in [0.3, 0.4) is 0 Å². The second-order valence-electron chi connectivity index (χ2n) is 7.90. The Morgan fingerprint density at radius 2 is 2.11 bits per heavy atom. The maximum Gasteiger partial charge on any atom is 0.250 e. The maximum atomic E-state index is 12.9. The van der Waals surface area contributed by atoms with Gasteiger partial charge in [-0.2, -0.15) is 0 Å². The first-order valence-electron chi connectivity index (χ1n) is 9.76. The number of aryl methyl sites for hydroxylation is 3. The number of nitrogens with zero attached hydrogens (tertiary/aromatic N) is 4. The van der Waals surface area contributed by atoms with Crippen molar-refractivity contribution in [1.82, 2.24) is 19.4 Å². The number of pyridine rings is 1. The van der Waals surface area contributed by atoms with Gasteiger partial charge in [0.05, 0.1) is 5.69 Å². The summed E-state index contributed by atoms with van der Waals surface area (Å²) in [5.41, 5.74) is 3.22. The number of carbonyl (C=O) groups is 1. The van der Waals surface area contributed by atoms with Crippen LogP contribution in [0, 0.1) is 13.8 Å². The summed E-state index contributed by atoms with van der Waals surface area (Å²) >= 11 is 0. The van der Waals surface area contributed by atoms with Gasteiger partial charge in [-0.15, -0.1) is 0 Å². The summed E-state index contributed by atoms with van der Waals surface area (Å²) in [5.74, 6) is 0.931. The first kappa shape index (κ1) is 17.9. The molecule has 27 heavy (non-hydrogen) atoms. The molecule has 142 valence electrons. The highest BCUT2D eigenvalue weighted by atomic mass is 16.2. The number of fused-ring (bicyclic) bond motifs is 2. The second kappa shape index (κ2) is 6.91. The van der Waals surface area contributed by atoms with Gasteiger partial charge in [-0.1, -0.05) is 6.07 Å². The fourth-order valence-corrected chi connectivity index (χ4v) is 4.65. The lowest BCUT2D eigenvalue weighted by molar-refractivity contribution is -0.133. The lowest BCUT2D eigenvalue weighted by Crippen LogP contribution is -2.48. The van der Waals surface area contributed by atoms with Gasteiger partial charge in [-0.25, -0.2) is 9.97 Å².